The number of methoxy groups -OCH3 is 1. The van der Waals surface area contributed by atoms with E-state index in [9.17, 15) is 0 Å². The van der Waals surface area contributed by atoms with Crippen molar-refractivity contribution in [3.8, 4) is 22.8 Å². The van der Waals surface area contributed by atoms with Crippen LogP contribution in [0.4, 0.5) is 0 Å². The second kappa shape index (κ2) is 7.77. The lowest BCUT2D eigenvalue weighted by atomic mass is 10.2. The first-order valence-corrected chi connectivity index (χ1v) is 9.24. The Labute approximate surface area is 163 Å². The molecule has 27 heavy (non-hydrogen) atoms. The van der Waals surface area contributed by atoms with Gasteiger partial charge in [0.2, 0.25) is 16.9 Å². The van der Waals surface area contributed by atoms with E-state index in [1.807, 2.05) is 36.4 Å². The molecule has 0 aliphatic heterocycles. The molecule has 0 unspecified atom stereocenters. The Morgan fingerprint density at radius 2 is 1.96 bits per heavy atom. The fraction of sp³-hybridized carbons (Fsp3) is 0.118. The third kappa shape index (κ3) is 3.79. The summed E-state index contributed by atoms with van der Waals surface area (Å²) in [7, 11) is 1.60. The monoisotopic (exact) mass is 400 g/mol. The van der Waals surface area contributed by atoms with E-state index in [1.54, 1.807) is 23.9 Å². The van der Waals surface area contributed by atoms with Crippen molar-refractivity contribution in [3.05, 3.63) is 59.4 Å². The zero-order valence-corrected chi connectivity index (χ0v) is 15.7. The Morgan fingerprint density at radius 1 is 1.15 bits per heavy atom. The van der Waals surface area contributed by atoms with E-state index in [4.69, 9.17) is 20.9 Å². The van der Waals surface area contributed by atoms with E-state index in [2.05, 4.69) is 25.7 Å². The van der Waals surface area contributed by atoms with Crippen LogP contribution in [0.2, 0.25) is 5.02 Å². The third-order valence-electron chi connectivity index (χ3n) is 3.65. The number of benzene rings is 2. The summed E-state index contributed by atoms with van der Waals surface area (Å²) >= 11 is 7.32. The molecule has 2 heterocycles. The maximum Gasteiger partial charge on any atom is 0.237 e. The highest BCUT2D eigenvalue weighted by Gasteiger charge is 2.15. The number of para-hydroxylation sites is 1. The summed E-state index contributed by atoms with van der Waals surface area (Å²) in [6.07, 6.45) is 0. The lowest BCUT2D eigenvalue weighted by Gasteiger charge is -2.03. The first kappa shape index (κ1) is 17.5. The van der Waals surface area contributed by atoms with Gasteiger partial charge in [-0.1, -0.05) is 40.7 Å². The minimum atomic E-state index is 0.427. The van der Waals surface area contributed by atoms with Crippen molar-refractivity contribution in [2.45, 2.75) is 10.9 Å². The molecule has 0 aliphatic carbocycles. The van der Waals surface area contributed by atoms with Crippen LogP contribution < -0.4 is 4.74 Å². The van der Waals surface area contributed by atoms with Crippen molar-refractivity contribution in [2.75, 3.05) is 7.11 Å². The standard InChI is InChI=1S/C17H13ClN6O2S/c1-25-14-5-3-2-4-13(14)16-19-15(26-21-16)10-27-17-20-22-23-24(17)12-8-6-11(18)7-9-12/h2-9H,10H2,1H3. The normalized spacial score (nSPS) is 10.9. The molecule has 10 heteroatoms. The van der Waals surface area contributed by atoms with Crippen molar-refractivity contribution in [1.29, 1.82) is 0 Å². The van der Waals surface area contributed by atoms with Gasteiger partial charge in [-0.15, -0.1) is 5.10 Å². The molecular formula is C17H13ClN6O2S. The summed E-state index contributed by atoms with van der Waals surface area (Å²) < 4.78 is 12.3. The number of aromatic nitrogens is 6. The van der Waals surface area contributed by atoms with Gasteiger partial charge < -0.3 is 9.26 Å². The summed E-state index contributed by atoms with van der Waals surface area (Å²) in [4.78, 5) is 4.43. The van der Waals surface area contributed by atoms with E-state index >= 15 is 0 Å². The molecule has 4 aromatic rings. The van der Waals surface area contributed by atoms with Crippen molar-refractivity contribution in [2.24, 2.45) is 0 Å². The van der Waals surface area contributed by atoms with Gasteiger partial charge in [-0.3, -0.25) is 0 Å². The summed E-state index contributed by atoms with van der Waals surface area (Å²) in [6, 6.07) is 14.8. The summed E-state index contributed by atoms with van der Waals surface area (Å²) in [5.41, 5.74) is 1.58. The van der Waals surface area contributed by atoms with Gasteiger partial charge in [0.1, 0.15) is 5.75 Å². The molecule has 4 rings (SSSR count). The fourth-order valence-electron chi connectivity index (χ4n) is 2.39. The highest BCUT2D eigenvalue weighted by atomic mass is 35.5. The average molecular weight is 401 g/mol. The second-order valence-corrected chi connectivity index (χ2v) is 6.73. The molecule has 8 nitrogen and oxygen atoms in total. The molecule has 2 aromatic carbocycles. The molecule has 0 bridgehead atoms. The van der Waals surface area contributed by atoms with Crippen LogP contribution in [-0.2, 0) is 5.75 Å². The van der Waals surface area contributed by atoms with Gasteiger partial charge in [-0.05, 0) is 46.8 Å². The van der Waals surface area contributed by atoms with E-state index in [0.29, 0.717) is 33.4 Å². The molecule has 0 amide bonds. The summed E-state index contributed by atoms with van der Waals surface area (Å²) in [6.45, 7) is 0. The maximum absolute atomic E-state index is 5.93. The number of thioether (sulfide) groups is 1. The second-order valence-electron chi connectivity index (χ2n) is 5.35. The Kier molecular flexibility index (Phi) is 5.03. The molecule has 136 valence electrons. The van der Waals surface area contributed by atoms with E-state index in [0.717, 1.165) is 11.3 Å². The molecule has 2 aromatic heterocycles. The van der Waals surface area contributed by atoms with Gasteiger partial charge in [0, 0.05) is 5.02 Å². The molecule has 0 saturated heterocycles. The van der Waals surface area contributed by atoms with E-state index < -0.39 is 0 Å². The average Bonchev–Trinajstić information content (AvgIpc) is 3.36. The maximum atomic E-state index is 5.93. The third-order valence-corrected chi connectivity index (χ3v) is 4.81. The SMILES string of the molecule is COc1ccccc1-c1noc(CSc2nnnn2-c2ccc(Cl)cc2)n1. The molecular weight excluding hydrogens is 388 g/mol. The summed E-state index contributed by atoms with van der Waals surface area (Å²) in [5.74, 6) is 2.05. The highest BCUT2D eigenvalue weighted by Crippen LogP contribution is 2.28. The number of hydrogen-bond acceptors (Lipinski definition) is 8. The number of tetrazole rings is 1. The molecule has 0 N–H and O–H groups in total. The van der Waals surface area contributed by atoms with Crippen molar-refractivity contribution >= 4 is 23.4 Å². The molecule has 0 radical (unpaired) electrons. The lowest BCUT2D eigenvalue weighted by Crippen LogP contribution is -1.98. The number of ether oxygens (including phenoxy) is 1. The van der Waals surface area contributed by atoms with Gasteiger partial charge in [-0.25, -0.2) is 0 Å². The highest BCUT2D eigenvalue weighted by molar-refractivity contribution is 7.98. The van der Waals surface area contributed by atoms with Crippen molar-refractivity contribution in [3.63, 3.8) is 0 Å². The Morgan fingerprint density at radius 3 is 2.78 bits per heavy atom. The van der Waals surface area contributed by atoms with Crippen LogP contribution in [0, 0.1) is 0 Å². The number of rotatable bonds is 6. The lowest BCUT2D eigenvalue weighted by molar-refractivity contribution is 0.390. The molecule has 0 saturated carbocycles. The van der Waals surface area contributed by atoms with Crippen LogP contribution in [-0.4, -0.2) is 37.5 Å². The van der Waals surface area contributed by atoms with Crippen molar-refractivity contribution < 1.29 is 9.26 Å². The van der Waals surface area contributed by atoms with Crippen LogP contribution in [0.5, 0.6) is 5.75 Å². The van der Waals surface area contributed by atoms with Crippen LogP contribution in [0.25, 0.3) is 17.1 Å². The topological polar surface area (TPSA) is 91.8 Å². The molecule has 0 fully saturated rings. The van der Waals surface area contributed by atoms with Crippen LogP contribution in [0.1, 0.15) is 5.89 Å². The van der Waals surface area contributed by atoms with Gasteiger partial charge in [0.15, 0.2) is 0 Å². The first-order chi connectivity index (χ1) is 13.2. The zero-order valence-electron chi connectivity index (χ0n) is 14.1. The largest absolute Gasteiger partial charge is 0.496 e. The van der Waals surface area contributed by atoms with Gasteiger partial charge >= 0.3 is 0 Å². The fourth-order valence-corrected chi connectivity index (χ4v) is 3.25. The predicted molar refractivity (Wildman–Crippen MR) is 100 cm³/mol. The quantitative estimate of drug-likeness (QED) is 0.453. The van der Waals surface area contributed by atoms with Gasteiger partial charge in [0.25, 0.3) is 0 Å². The number of hydrogen-bond donors (Lipinski definition) is 0. The smallest absolute Gasteiger partial charge is 0.237 e. The Balaban J connectivity index is 1.50. The minimum absolute atomic E-state index is 0.427. The molecule has 0 aliphatic rings. The minimum Gasteiger partial charge on any atom is -0.496 e. The van der Waals surface area contributed by atoms with Gasteiger partial charge in [0.05, 0.1) is 24.1 Å². The van der Waals surface area contributed by atoms with E-state index in [1.165, 1.54) is 11.8 Å². The van der Waals surface area contributed by atoms with Crippen LogP contribution in [0.15, 0.2) is 58.2 Å². The predicted octanol–water partition coefficient (Wildman–Crippen LogP) is 3.67. The number of nitrogens with zero attached hydrogens (tertiary/aromatic N) is 6. The molecule has 0 atom stereocenters. The van der Waals surface area contributed by atoms with Crippen molar-refractivity contribution in [1.82, 2.24) is 30.3 Å². The zero-order chi connectivity index (χ0) is 18.6. The van der Waals surface area contributed by atoms with Gasteiger partial charge in [-0.2, -0.15) is 9.67 Å². The van der Waals surface area contributed by atoms with E-state index in [-0.39, 0.29) is 0 Å². The molecule has 0 spiro atoms. The first-order valence-electron chi connectivity index (χ1n) is 7.87. The van der Waals surface area contributed by atoms with Crippen LogP contribution >= 0.6 is 23.4 Å². The Bertz CT molecular complexity index is 1050. The Hall–Kier alpha value is -2.91. The summed E-state index contributed by atoms with van der Waals surface area (Å²) in [5, 5.41) is 17.1. The number of halogens is 1. The van der Waals surface area contributed by atoms with Crippen LogP contribution in [0.3, 0.4) is 0 Å².